The van der Waals surface area contributed by atoms with E-state index in [9.17, 15) is 14.0 Å². The Bertz CT molecular complexity index is 789. The molecular weight excluding hydrogens is 371 g/mol. The summed E-state index contributed by atoms with van der Waals surface area (Å²) in [6, 6.07) is 5.25. The van der Waals surface area contributed by atoms with Crippen LogP contribution in [-0.2, 0) is 4.79 Å². The minimum absolute atomic E-state index is 0.0449. The van der Waals surface area contributed by atoms with E-state index in [1.165, 1.54) is 17.0 Å². The van der Waals surface area contributed by atoms with Crippen LogP contribution in [0.2, 0.25) is 0 Å². The third-order valence-electron chi connectivity index (χ3n) is 6.11. The first-order valence-electron chi connectivity index (χ1n) is 10.4. The van der Waals surface area contributed by atoms with Crippen molar-refractivity contribution in [1.82, 2.24) is 20.0 Å². The number of hydrogen-bond donors (Lipinski definition) is 1. The molecule has 0 bridgehead atoms. The first-order valence-corrected chi connectivity index (χ1v) is 10.4. The van der Waals surface area contributed by atoms with Crippen molar-refractivity contribution in [3.63, 3.8) is 0 Å². The lowest BCUT2D eigenvalue weighted by molar-refractivity contribution is -0.127. The molecule has 0 saturated heterocycles. The third kappa shape index (κ3) is 4.29. The second kappa shape index (κ2) is 8.95. The molecule has 2 aliphatic heterocycles. The second-order valence-electron chi connectivity index (χ2n) is 7.80. The summed E-state index contributed by atoms with van der Waals surface area (Å²) in [6.45, 7) is 9.89. The van der Waals surface area contributed by atoms with Gasteiger partial charge < -0.3 is 15.1 Å². The SMILES string of the molecule is CCN(CC)CCC[C@H](C)N1CC2=C(C1=O)[C@H](c1ccc(F)cc1)NC(=O)N2C. The largest absolute Gasteiger partial charge is 0.330 e. The van der Waals surface area contributed by atoms with Crippen LogP contribution in [0.1, 0.15) is 45.2 Å². The first kappa shape index (κ1) is 21.3. The number of rotatable bonds is 8. The van der Waals surface area contributed by atoms with Gasteiger partial charge in [-0.25, -0.2) is 9.18 Å². The van der Waals surface area contributed by atoms with E-state index in [0.29, 0.717) is 17.7 Å². The van der Waals surface area contributed by atoms with Gasteiger partial charge in [0.15, 0.2) is 0 Å². The van der Waals surface area contributed by atoms with Gasteiger partial charge in [-0.15, -0.1) is 0 Å². The van der Waals surface area contributed by atoms with Crippen LogP contribution in [0.3, 0.4) is 0 Å². The van der Waals surface area contributed by atoms with Gasteiger partial charge in [-0.3, -0.25) is 9.69 Å². The topological polar surface area (TPSA) is 55.9 Å². The summed E-state index contributed by atoms with van der Waals surface area (Å²) in [4.78, 5) is 31.5. The zero-order chi connectivity index (χ0) is 21.1. The highest BCUT2D eigenvalue weighted by Gasteiger charge is 2.43. The Labute approximate surface area is 172 Å². The number of hydrogen-bond acceptors (Lipinski definition) is 3. The molecule has 1 aromatic rings. The molecule has 158 valence electrons. The molecule has 0 aliphatic carbocycles. The van der Waals surface area contributed by atoms with Crippen LogP contribution < -0.4 is 5.32 Å². The Morgan fingerprint density at radius 2 is 1.86 bits per heavy atom. The lowest BCUT2D eigenvalue weighted by atomic mass is 9.95. The Kier molecular flexibility index (Phi) is 6.57. The third-order valence-corrected chi connectivity index (χ3v) is 6.11. The molecular formula is C22H31FN4O2. The molecule has 0 saturated carbocycles. The fraction of sp³-hybridized carbons (Fsp3) is 0.545. The van der Waals surface area contributed by atoms with Gasteiger partial charge in [-0.2, -0.15) is 0 Å². The van der Waals surface area contributed by atoms with Crippen molar-refractivity contribution in [1.29, 1.82) is 0 Å². The monoisotopic (exact) mass is 402 g/mol. The van der Waals surface area contributed by atoms with Crippen molar-refractivity contribution in [2.75, 3.05) is 33.2 Å². The number of nitrogens with one attached hydrogen (secondary N) is 1. The van der Waals surface area contributed by atoms with Gasteiger partial charge in [0, 0.05) is 13.1 Å². The minimum Gasteiger partial charge on any atom is -0.330 e. The summed E-state index contributed by atoms with van der Waals surface area (Å²) < 4.78 is 13.3. The van der Waals surface area contributed by atoms with E-state index in [0.717, 1.165) is 38.2 Å². The molecule has 0 spiro atoms. The van der Waals surface area contributed by atoms with Gasteiger partial charge in [-0.05, 0) is 57.1 Å². The lowest BCUT2D eigenvalue weighted by Gasteiger charge is -2.31. The maximum absolute atomic E-state index is 13.3. The van der Waals surface area contributed by atoms with Crippen LogP contribution in [0, 0.1) is 5.82 Å². The fourth-order valence-corrected chi connectivity index (χ4v) is 4.16. The molecule has 3 rings (SSSR count). The quantitative estimate of drug-likeness (QED) is 0.727. The van der Waals surface area contributed by atoms with E-state index in [-0.39, 0.29) is 23.8 Å². The highest BCUT2D eigenvalue weighted by Crippen LogP contribution is 2.36. The smallest absolute Gasteiger partial charge is 0.322 e. The molecule has 0 unspecified atom stereocenters. The van der Waals surface area contributed by atoms with Crippen LogP contribution in [0.4, 0.5) is 9.18 Å². The normalized spacial score (nSPS) is 20.4. The number of carbonyl (C=O) groups excluding carboxylic acids is 2. The van der Waals surface area contributed by atoms with Crippen LogP contribution in [-0.4, -0.2) is 65.9 Å². The molecule has 2 heterocycles. The molecule has 0 aromatic heterocycles. The van der Waals surface area contributed by atoms with E-state index in [2.05, 4.69) is 31.0 Å². The standard InChI is InChI=1S/C22H31FN4O2/c1-5-26(6-2)13-7-8-15(3)27-14-18-19(21(27)28)20(24-22(29)25(18)4)16-9-11-17(23)12-10-16/h9-12,15,20H,5-8,13-14H2,1-4H3,(H,24,29)/t15-,20-/m0/s1. The van der Waals surface area contributed by atoms with Crippen molar-refractivity contribution in [3.05, 3.63) is 46.9 Å². The summed E-state index contributed by atoms with van der Waals surface area (Å²) in [6.07, 6.45) is 1.93. The van der Waals surface area contributed by atoms with Crippen molar-refractivity contribution >= 4 is 11.9 Å². The van der Waals surface area contributed by atoms with Crippen molar-refractivity contribution < 1.29 is 14.0 Å². The van der Waals surface area contributed by atoms with Crippen LogP contribution in [0.15, 0.2) is 35.5 Å². The lowest BCUT2D eigenvalue weighted by Crippen LogP contribution is -2.45. The van der Waals surface area contributed by atoms with Crippen LogP contribution >= 0.6 is 0 Å². The van der Waals surface area contributed by atoms with Crippen molar-refractivity contribution in [2.24, 2.45) is 0 Å². The maximum atomic E-state index is 13.3. The van der Waals surface area contributed by atoms with E-state index in [1.807, 2.05) is 4.90 Å². The number of halogens is 1. The first-order chi connectivity index (χ1) is 13.9. The number of amides is 3. The van der Waals surface area contributed by atoms with Gasteiger partial charge in [-0.1, -0.05) is 26.0 Å². The number of likely N-dealkylation sites (N-methyl/N-ethyl adjacent to an activating group) is 1. The molecule has 2 aliphatic rings. The molecule has 1 aromatic carbocycles. The van der Waals surface area contributed by atoms with Gasteiger partial charge in [0.05, 0.1) is 23.9 Å². The summed E-state index contributed by atoms with van der Waals surface area (Å²) in [7, 11) is 1.69. The van der Waals surface area contributed by atoms with Gasteiger partial charge in [0.1, 0.15) is 5.82 Å². The summed E-state index contributed by atoms with van der Waals surface area (Å²) >= 11 is 0. The predicted molar refractivity (Wildman–Crippen MR) is 111 cm³/mol. The number of carbonyl (C=O) groups is 2. The van der Waals surface area contributed by atoms with E-state index < -0.39 is 6.04 Å². The molecule has 29 heavy (non-hydrogen) atoms. The molecule has 2 atom stereocenters. The minimum atomic E-state index is -0.547. The average molecular weight is 403 g/mol. The van der Waals surface area contributed by atoms with Crippen molar-refractivity contribution in [2.45, 2.75) is 45.7 Å². The van der Waals surface area contributed by atoms with Gasteiger partial charge in [0.25, 0.3) is 5.91 Å². The predicted octanol–water partition coefficient (Wildman–Crippen LogP) is 3.13. The maximum Gasteiger partial charge on any atom is 0.322 e. The van der Waals surface area contributed by atoms with E-state index >= 15 is 0 Å². The van der Waals surface area contributed by atoms with Gasteiger partial charge in [0.2, 0.25) is 0 Å². The Morgan fingerprint density at radius 3 is 2.48 bits per heavy atom. The fourth-order valence-electron chi connectivity index (χ4n) is 4.16. The highest BCUT2D eigenvalue weighted by molar-refractivity contribution is 6.01. The summed E-state index contributed by atoms with van der Waals surface area (Å²) in [5.74, 6) is -0.389. The number of benzene rings is 1. The van der Waals surface area contributed by atoms with Crippen molar-refractivity contribution in [3.8, 4) is 0 Å². The van der Waals surface area contributed by atoms with E-state index in [4.69, 9.17) is 0 Å². The molecule has 7 heteroatoms. The van der Waals surface area contributed by atoms with Crippen LogP contribution in [0.25, 0.3) is 0 Å². The highest BCUT2D eigenvalue weighted by atomic mass is 19.1. The molecule has 0 radical (unpaired) electrons. The molecule has 6 nitrogen and oxygen atoms in total. The zero-order valence-electron chi connectivity index (χ0n) is 17.7. The zero-order valence-corrected chi connectivity index (χ0v) is 17.7. The number of urea groups is 1. The summed E-state index contributed by atoms with van der Waals surface area (Å²) in [5, 5.41) is 2.89. The molecule has 3 amide bonds. The summed E-state index contributed by atoms with van der Waals surface area (Å²) in [5.41, 5.74) is 2.04. The second-order valence-corrected chi connectivity index (χ2v) is 7.80. The Morgan fingerprint density at radius 1 is 1.21 bits per heavy atom. The van der Waals surface area contributed by atoms with Crippen LogP contribution in [0.5, 0.6) is 0 Å². The molecule has 0 fully saturated rings. The Balaban J connectivity index is 1.76. The Hall–Kier alpha value is -2.41. The molecule has 1 N–H and O–H groups in total. The van der Waals surface area contributed by atoms with E-state index in [1.54, 1.807) is 19.2 Å². The number of nitrogens with zero attached hydrogens (tertiary/aromatic N) is 3. The van der Waals surface area contributed by atoms with Gasteiger partial charge >= 0.3 is 6.03 Å². The average Bonchev–Trinajstić information content (AvgIpc) is 3.06.